The number of aromatic nitrogens is 1. The van der Waals surface area contributed by atoms with E-state index >= 15 is 0 Å². The molecule has 0 aromatic carbocycles. The molecule has 1 aromatic heterocycles. The highest BCUT2D eigenvalue weighted by molar-refractivity contribution is 5.38. The summed E-state index contributed by atoms with van der Waals surface area (Å²) in [5.74, 6) is 1.01. The van der Waals surface area contributed by atoms with Gasteiger partial charge >= 0.3 is 0 Å². The van der Waals surface area contributed by atoms with Gasteiger partial charge in [0, 0.05) is 12.6 Å². The predicted molar refractivity (Wildman–Crippen MR) is 64.9 cm³/mol. The SMILES string of the molecule is Nc1ncccc1CC(O)C1CCCCC1. The van der Waals surface area contributed by atoms with Gasteiger partial charge in [-0.05, 0) is 30.4 Å². The molecule has 1 fully saturated rings. The standard InChI is InChI=1S/C13H20N2O/c14-13-11(7-4-8-15-13)9-12(16)10-5-2-1-3-6-10/h4,7-8,10,12,16H,1-3,5-6,9H2,(H2,14,15). The van der Waals surface area contributed by atoms with E-state index in [9.17, 15) is 5.11 Å². The Labute approximate surface area is 96.7 Å². The summed E-state index contributed by atoms with van der Waals surface area (Å²) in [6.45, 7) is 0. The van der Waals surface area contributed by atoms with Crippen molar-refractivity contribution in [1.82, 2.24) is 4.98 Å². The number of aliphatic hydroxyl groups excluding tert-OH is 1. The third-order valence-electron chi connectivity index (χ3n) is 3.55. The summed E-state index contributed by atoms with van der Waals surface area (Å²) in [4.78, 5) is 4.04. The van der Waals surface area contributed by atoms with Crippen LogP contribution in [0.4, 0.5) is 5.82 Å². The van der Waals surface area contributed by atoms with Gasteiger partial charge in [-0.15, -0.1) is 0 Å². The Morgan fingerprint density at radius 3 is 2.81 bits per heavy atom. The van der Waals surface area contributed by atoms with E-state index in [1.807, 2.05) is 12.1 Å². The number of pyridine rings is 1. The van der Waals surface area contributed by atoms with E-state index in [2.05, 4.69) is 4.98 Å². The van der Waals surface area contributed by atoms with Gasteiger partial charge in [0.2, 0.25) is 0 Å². The third-order valence-corrected chi connectivity index (χ3v) is 3.55. The molecular formula is C13H20N2O. The lowest BCUT2D eigenvalue weighted by Gasteiger charge is -2.26. The van der Waals surface area contributed by atoms with Crippen LogP contribution in [-0.2, 0) is 6.42 Å². The Morgan fingerprint density at radius 1 is 1.38 bits per heavy atom. The minimum atomic E-state index is -0.258. The maximum atomic E-state index is 10.2. The predicted octanol–water partition coefficient (Wildman–Crippen LogP) is 2.15. The molecule has 0 radical (unpaired) electrons. The van der Waals surface area contributed by atoms with Crippen molar-refractivity contribution in [2.75, 3.05) is 5.73 Å². The van der Waals surface area contributed by atoms with Crippen molar-refractivity contribution in [1.29, 1.82) is 0 Å². The van der Waals surface area contributed by atoms with Gasteiger partial charge in [0.25, 0.3) is 0 Å². The first-order valence-electron chi connectivity index (χ1n) is 6.15. The first kappa shape index (κ1) is 11.4. The normalized spacial score (nSPS) is 19.6. The van der Waals surface area contributed by atoms with E-state index in [0.29, 0.717) is 18.2 Å². The van der Waals surface area contributed by atoms with Crippen LogP contribution in [0.3, 0.4) is 0 Å². The molecule has 0 saturated heterocycles. The number of hydrogen-bond acceptors (Lipinski definition) is 3. The topological polar surface area (TPSA) is 59.1 Å². The monoisotopic (exact) mass is 220 g/mol. The Hall–Kier alpha value is -1.09. The van der Waals surface area contributed by atoms with Gasteiger partial charge in [-0.2, -0.15) is 0 Å². The molecule has 3 heteroatoms. The second-order valence-electron chi connectivity index (χ2n) is 4.72. The summed E-state index contributed by atoms with van der Waals surface area (Å²) in [5, 5.41) is 10.2. The lowest BCUT2D eigenvalue weighted by Crippen LogP contribution is -2.25. The summed E-state index contributed by atoms with van der Waals surface area (Å²) in [6.07, 6.45) is 8.21. The average molecular weight is 220 g/mol. The zero-order valence-electron chi connectivity index (χ0n) is 9.60. The van der Waals surface area contributed by atoms with Crippen molar-refractivity contribution < 1.29 is 5.11 Å². The minimum Gasteiger partial charge on any atom is -0.392 e. The van der Waals surface area contributed by atoms with Crippen molar-refractivity contribution in [2.45, 2.75) is 44.6 Å². The number of anilines is 1. The zero-order chi connectivity index (χ0) is 11.4. The number of hydrogen-bond donors (Lipinski definition) is 2. The van der Waals surface area contributed by atoms with E-state index in [1.54, 1.807) is 6.20 Å². The molecule has 1 unspecified atom stereocenters. The van der Waals surface area contributed by atoms with Crippen molar-refractivity contribution in [2.24, 2.45) is 5.92 Å². The van der Waals surface area contributed by atoms with E-state index in [4.69, 9.17) is 5.73 Å². The van der Waals surface area contributed by atoms with Crippen LogP contribution >= 0.6 is 0 Å². The van der Waals surface area contributed by atoms with Gasteiger partial charge in [-0.25, -0.2) is 4.98 Å². The lowest BCUT2D eigenvalue weighted by molar-refractivity contribution is 0.0852. The van der Waals surface area contributed by atoms with Gasteiger partial charge in [-0.1, -0.05) is 25.3 Å². The highest BCUT2D eigenvalue weighted by atomic mass is 16.3. The summed E-state index contributed by atoms with van der Waals surface area (Å²) in [5.41, 5.74) is 6.75. The molecule has 3 nitrogen and oxygen atoms in total. The molecule has 16 heavy (non-hydrogen) atoms. The molecule has 1 aliphatic carbocycles. The summed E-state index contributed by atoms with van der Waals surface area (Å²) in [7, 11) is 0. The van der Waals surface area contributed by atoms with Crippen molar-refractivity contribution in [3.05, 3.63) is 23.9 Å². The number of nitrogens with zero attached hydrogens (tertiary/aromatic N) is 1. The van der Waals surface area contributed by atoms with Gasteiger partial charge < -0.3 is 10.8 Å². The Bertz CT molecular complexity index is 334. The molecule has 88 valence electrons. The Morgan fingerprint density at radius 2 is 2.12 bits per heavy atom. The largest absolute Gasteiger partial charge is 0.392 e. The minimum absolute atomic E-state index is 0.258. The van der Waals surface area contributed by atoms with Crippen LogP contribution < -0.4 is 5.73 Å². The summed E-state index contributed by atoms with van der Waals surface area (Å²) >= 11 is 0. The Balaban J connectivity index is 1.96. The molecule has 0 spiro atoms. The maximum absolute atomic E-state index is 10.2. The van der Waals surface area contributed by atoms with Gasteiger partial charge in [0.1, 0.15) is 5.82 Å². The number of nitrogen functional groups attached to an aromatic ring is 1. The fraction of sp³-hybridized carbons (Fsp3) is 0.615. The third kappa shape index (κ3) is 2.73. The smallest absolute Gasteiger partial charge is 0.126 e. The van der Waals surface area contributed by atoms with E-state index in [0.717, 1.165) is 18.4 Å². The van der Waals surface area contributed by atoms with Crippen molar-refractivity contribution in [3.63, 3.8) is 0 Å². The fourth-order valence-corrected chi connectivity index (χ4v) is 2.53. The van der Waals surface area contributed by atoms with E-state index < -0.39 is 0 Å². The molecular weight excluding hydrogens is 200 g/mol. The lowest BCUT2D eigenvalue weighted by atomic mass is 9.83. The van der Waals surface area contributed by atoms with Gasteiger partial charge in [-0.3, -0.25) is 0 Å². The number of aliphatic hydroxyl groups is 1. The van der Waals surface area contributed by atoms with Crippen LogP contribution in [0.15, 0.2) is 18.3 Å². The number of rotatable bonds is 3. The maximum Gasteiger partial charge on any atom is 0.126 e. The van der Waals surface area contributed by atoms with Crippen LogP contribution in [0.5, 0.6) is 0 Å². The van der Waals surface area contributed by atoms with Crippen LogP contribution in [0.1, 0.15) is 37.7 Å². The molecule has 3 N–H and O–H groups in total. The van der Waals surface area contributed by atoms with Crippen LogP contribution in [0.2, 0.25) is 0 Å². The zero-order valence-corrected chi connectivity index (χ0v) is 9.60. The molecule has 1 aliphatic rings. The highest BCUT2D eigenvalue weighted by Crippen LogP contribution is 2.28. The van der Waals surface area contributed by atoms with E-state index in [-0.39, 0.29) is 6.10 Å². The summed E-state index contributed by atoms with van der Waals surface area (Å²) < 4.78 is 0. The highest BCUT2D eigenvalue weighted by Gasteiger charge is 2.22. The molecule has 0 bridgehead atoms. The first-order chi connectivity index (χ1) is 7.77. The van der Waals surface area contributed by atoms with Gasteiger partial charge in [0.15, 0.2) is 0 Å². The van der Waals surface area contributed by atoms with Crippen LogP contribution in [0, 0.1) is 5.92 Å². The first-order valence-corrected chi connectivity index (χ1v) is 6.15. The van der Waals surface area contributed by atoms with Crippen LogP contribution in [0.25, 0.3) is 0 Å². The summed E-state index contributed by atoms with van der Waals surface area (Å²) in [6, 6.07) is 3.83. The second kappa shape index (κ2) is 5.30. The fourth-order valence-electron chi connectivity index (χ4n) is 2.53. The van der Waals surface area contributed by atoms with Crippen molar-refractivity contribution in [3.8, 4) is 0 Å². The molecule has 1 atom stereocenters. The molecule has 1 heterocycles. The van der Waals surface area contributed by atoms with Crippen LogP contribution in [-0.4, -0.2) is 16.2 Å². The van der Waals surface area contributed by atoms with Crippen molar-refractivity contribution >= 4 is 5.82 Å². The molecule has 0 amide bonds. The molecule has 2 rings (SSSR count). The number of nitrogens with two attached hydrogens (primary N) is 1. The van der Waals surface area contributed by atoms with E-state index in [1.165, 1.54) is 19.3 Å². The van der Waals surface area contributed by atoms with Gasteiger partial charge in [0.05, 0.1) is 6.10 Å². The second-order valence-corrected chi connectivity index (χ2v) is 4.72. The molecule has 0 aliphatic heterocycles. The average Bonchev–Trinajstić information content (AvgIpc) is 2.33. The molecule has 1 saturated carbocycles. The molecule has 1 aromatic rings. The Kier molecular flexibility index (Phi) is 3.78. The quantitative estimate of drug-likeness (QED) is 0.820.